The van der Waals surface area contributed by atoms with E-state index in [1.165, 1.54) is 37.3 Å². The van der Waals surface area contributed by atoms with Crippen LogP contribution < -0.4 is 9.47 Å². The molecule has 0 aromatic heterocycles. The lowest BCUT2D eigenvalue weighted by Gasteiger charge is -2.10. The molecule has 0 atom stereocenters. The fraction of sp³-hybridized carbons (Fsp3) is 0.286. The van der Waals surface area contributed by atoms with E-state index in [2.05, 4.69) is 0 Å². The Bertz CT molecular complexity index is 717. The highest BCUT2D eigenvalue weighted by Crippen LogP contribution is 2.38. The molecule has 0 unspecified atom stereocenters. The van der Waals surface area contributed by atoms with Gasteiger partial charge in [0.05, 0.1) is 35.7 Å². The van der Waals surface area contributed by atoms with Gasteiger partial charge in [0, 0.05) is 6.54 Å². The Morgan fingerprint density at radius 2 is 1.96 bits per heavy atom. The molecular weight excluding hydrogens is 340 g/mol. The summed E-state index contributed by atoms with van der Waals surface area (Å²) in [5, 5.41) is 11.3. The molecule has 1 fully saturated rings. The molecule has 0 bridgehead atoms. The van der Waals surface area contributed by atoms with Crippen LogP contribution in [0, 0.1) is 10.1 Å². The predicted molar refractivity (Wildman–Crippen MR) is 91.8 cm³/mol. The second kappa shape index (κ2) is 6.97. The molecule has 7 nitrogen and oxygen atoms in total. The number of amides is 1. The van der Waals surface area contributed by atoms with Crippen LogP contribution in [0.1, 0.15) is 12.5 Å². The number of nitrogens with zero attached hydrogens (tertiary/aromatic N) is 2. The van der Waals surface area contributed by atoms with E-state index in [4.69, 9.17) is 21.7 Å². The van der Waals surface area contributed by atoms with Crippen molar-refractivity contribution in [1.82, 2.24) is 4.90 Å². The summed E-state index contributed by atoms with van der Waals surface area (Å²) < 4.78 is 10.7. The summed E-state index contributed by atoms with van der Waals surface area (Å²) in [5.74, 6) is 0.333. The number of carbonyl (C=O) groups excluding carboxylic acids is 1. The average molecular weight is 354 g/mol. The zero-order valence-corrected chi connectivity index (χ0v) is 14.3. The number of methoxy groups -OCH3 is 2. The van der Waals surface area contributed by atoms with Crippen LogP contribution in [0.25, 0.3) is 6.08 Å². The van der Waals surface area contributed by atoms with Gasteiger partial charge in [-0.1, -0.05) is 24.0 Å². The van der Waals surface area contributed by atoms with E-state index >= 15 is 0 Å². The van der Waals surface area contributed by atoms with E-state index < -0.39 is 4.92 Å². The lowest BCUT2D eigenvalue weighted by molar-refractivity contribution is -0.385. The summed E-state index contributed by atoms with van der Waals surface area (Å²) >= 11 is 6.25. The third kappa shape index (κ3) is 3.30. The van der Waals surface area contributed by atoms with Crippen molar-refractivity contribution in [1.29, 1.82) is 0 Å². The molecule has 0 saturated carbocycles. The molecule has 1 aromatic rings. The van der Waals surface area contributed by atoms with E-state index in [1.807, 2.05) is 6.92 Å². The molecule has 23 heavy (non-hydrogen) atoms. The highest BCUT2D eigenvalue weighted by molar-refractivity contribution is 8.26. The fourth-order valence-corrected chi connectivity index (χ4v) is 3.45. The van der Waals surface area contributed by atoms with Crippen molar-refractivity contribution in [3.05, 3.63) is 32.7 Å². The lowest BCUT2D eigenvalue weighted by Crippen LogP contribution is -2.27. The second-order valence-corrected chi connectivity index (χ2v) is 6.12. The van der Waals surface area contributed by atoms with Crippen LogP contribution in [0.15, 0.2) is 17.0 Å². The Morgan fingerprint density at radius 1 is 1.35 bits per heavy atom. The number of nitro benzene ring substituents is 1. The largest absolute Gasteiger partial charge is 0.493 e. The maximum absolute atomic E-state index is 12.2. The minimum atomic E-state index is -0.533. The number of hydrogen-bond acceptors (Lipinski definition) is 7. The zero-order chi connectivity index (χ0) is 17.1. The first-order valence-electron chi connectivity index (χ1n) is 6.58. The minimum absolute atomic E-state index is 0.176. The van der Waals surface area contributed by atoms with Gasteiger partial charge in [-0.05, 0) is 19.1 Å². The van der Waals surface area contributed by atoms with Gasteiger partial charge >= 0.3 is 0 Å². The molecule has 1 amide bonds. The molecule has 1 aliphatic rings. The Labute approximate surface area is 142 Å². The van der Waals surface area contributed by atoms with Crippen LogP contribution in [0.2, 0.25) is 0 Å². The van der Waals surface area contributed by atoms with Crippen molar-refractivity contribution in [3.63, 3.8) is 0 Å². The number of thiocarbonyl (C=S) groups is 1. The number of ether oxygens (including phenoxy) is 2. The van der Waals surface area contributed by atoms with E-state index in [-0.39, 0.29) is 22.9 Å². The van der Waals surface area contributed by atoms with Crippen molar-refractivity contribution in [2.75, 3.05) is 20.8 Å². The smallest absolute Gasteiger partial charge is 0.280 e. The molecule has 0 aliphatic carbocycles. The standard InChI is InChI=1S/C14H14N2O5S2/c1-4-15-13(17)12(23-14(15)22)6-8-5-10(20-2)11(21-3)7-9(8)16(18)19/h5-7H,4H2,1-3H3/b12-6-. The van der Waals surface area contributed by atoms with Crippen LogP contribution in [0.3, 0.4) is 0 Å². The Morgan fingerprint density at radius 3 is 2.43 bits per heavy atom. The fourth-order valence-electron chi connectivity index (χ4n) is 2.07. The van der Waals surface area contributed by atoms with Gasteiger partial charge in [-0.2, -0.15) is 0 Å². The first kappa shape index (κ1) is 17.2. The maximum atomic E-state index is 12.2. The SMILES string of the molecule is CCN1C(=O)/C(=C/c2cc(OC)c(OC)cc2[N+](=O)[O-])SC1=S. The van der Waals surface area contributed by atoms with Crippen LogP contribution in [-0.4, -0.2) is 40.8 Å². The van der Waals surface area contributed by atoms with Gasteiger partial charge in [0.2, 0.25) is 0 Å². The quantitative estimate of drug-likeness (QED) is 0.348. The Hall–Kier alpha value is -2.13. The normalized spacial score (nSPS) is 16.1. The highest BCUT2D eigenvalue weighted by Gasteiger charge is 2.31. The van der Waals surface area contributed by atoms with Gasteiger partial charge in [0.15, 0.2) is 11.5 Å². The lowest BCUT2D eigenvalue weighted by atomic mass is 10.1. The molecule has 1 aromatic carbocycles. The number of carbonyl (C=O) groups is 1. The monoisotopic (exact) mass is 354 g/mol. The van der Waals surface area contributed by atoms with E-state index in [0.717, 1.165) is 11.8 Å². The van der Waals surface area contributed by atoms with Crippen molar-refractivity contribution in [2.45, 2.75) is 6.92 Å². The number of likely N-dealkylation sites (N-methyl/N-ethyl adjacent to an activating group) is 1. The van der Waals surface area contributed by atoms with Crippen LogP contribution in [-0.2, 0) is 4.79 Å². The van der Waals surface area contributed by atoms with Gasteiger partial charge < -0.3 is 9.47 Å². The van der Waals surface area contributed by atoms with E-state index in [9.17, 15) is 14.9 Å². The first-order valence-corrected chi connectivity index (χ1v) is 7.81. The summed E-state index contributed by atoms with van der Waals surface area (Å²) in [6, 6.07) is 2.74. The predicted octanol–water partition coefficient (Wildman–Crippen LogP) is 2.83. The second-order valence-electron chi connectivity index (χ2n) is 4.45. The highest BCUT2D eigenvalue weighted by atomic mass is 32.2. The molecule has 0 spiro atoms. The third-order valence-electron chi connectivity index (χ3n) is 3.21. The molecule has 0 N–H and O–H groups in total. The van der Waals surface area contributed by atoms with Crippen LogP contribution in [0.5, 0.6) is 11.5 Å². The molecule has 0 radical (unpaired) electrons. The minimum Gasteiger partial charge on any atom is -0.493 e. The average Bonchev–Trinajstić information content (AvgIpc) is 2.79. The Balaban J connectivity index is 2.55. The van der Waals surface area contributed by atoms with E-state index in [0.29, 0.717) is 21.5 Å². The van der Waals surface area contributed by atoms with E-state index in [1.54, 1.807) is 0 Å². The number of hydrogen-bond donors (Lipinski definition) is 0. The summed E-state index contributed by atoms with van der Waals surface area (Å²) in [6.45, 7) is 2.27. The molecule has 2 rings (SSSR count). The molecular formula is C14H14N2O5S2. The van der Waals surface area contributed by atoms with Gasteiger partial charge in [-0.3, -0.25) is 19.8 Å². The van der Waals surface area contributed by atoms with Crippen molar-refractivity contribution in [3.8, 4) is 11.5 Å². The number of thioether (sulfide) groups is 1. The van der Waals surface area contributed by atoms with Crippen molar-refractivity contribution in [2.24, 2.45) is 0 Å². The molecule has 1 heterocycles. The molecule has 1 aliphatic heterocycles. The zero-order valence-electron chi connectivity index (χ0n) is 12.7. The number of nitro groups is 1. The summed E-state index contributed by atoms with van der Waals surface area (Å²) in [5.41, 5.74) is 0.0775. The molecule has 1 saturated heterocycles. The van der Waals surface area contributed by atoms with Crippen molar-refractivity contribution >= 4 is 46.0 Å². The Kier molecular flexibility index (Phi) is 5.22. The van der Waals surface area contributed by atoms with Crippen molar-refractivity contribution < 1.29 is 19.2 Å². The number of benzene rings is 1. The van der Waals surface area contributed by atoms with Gasteiger partial charge in [0.1, 0.15) is 4.32 Å². The molecule has 122 valence electrons. The third-order valence-corrected chi connectivity index (χ3v) is 4.58. The summed E-state index contributed by atoms with van der Waals surface area (Å²) in [6.07, 6.45) is 1.45. The van der Waals surface area contributed by atoms with Gasteiger partial charge in [0.25, 0.3) is 11.6 Å². The van der Waals surface area contributed by atoms with Crippen LogP contribution >= 0.6 is 24.0 Å². The van der Waals surface area contributed by atoms with Gasteiger partial charge in [-0.15, -0.1) is 0 Å². The van der Waals surface area contributed by atoms with Crippen LogP contribution in [0.4, 0.5) is 5.69 Å². The summed E-state index contributed by atoms with van der Waals surface area (Å²) in [7, 11) is 2.83. The number of rotatable bonds is 5. The summed E-state index contributed by atoms with van der Waals surface area (Å²) in [4.78, 5) is 24.8. The maximum Gasteiger partial charge on any atom is 0.280 e. The van der Waals surface area contributed by atoms with Gasteiger partial charge in [-0.25, -0.2) is 0 Å². The molecule has 9 heteroatoms. The topological polar surface area (TPSA) is 81.9 Å². The first-order chi connectivity index (χ1) is 10.9.